The fourth-order valence-electron chi connectivity index (χ4n) is 1.74. The number of benzene rings is 1. The number of hydrogen-bond acceptors (Lipinski definition) is 2. The van der Waals surface area contributed by atoms with Gasteiger partial charge in [0.2, 0.25) is 0 Å². The van der Waals surface area contributed by atoms with Crippen molar-refractivity contribution in [1.29, 1.82) is 0 Å². The zero-order valence-electron chi connectivity index (χ0n) is 11.5. The summed E-state index contributed by atoms with van der Waals surface area (Å²) in [5.41, 5.74) is -1.22. The van der Waals surface area contributed by atoms with Crippen LogP contribution in [0.4, 0.5) is 13.2 Å². The molecule has 0 aliphatic rings. The third-order valence-corrected chi connectivity index (χ3v) is 2.87. The number of carbonyl (C=O) groups excluding carboxylic acids is 1. The normalized spacial score (nSPS) is 12.3. The summed E-state index contributed by atoms with van der Waals surface area (Å²) in [5, 5.41) is 11.2. The average Bonchev–Trinajstić information content (AvgIpc) is 2.45. The summed E-state index contributed by atoms with van der Waals surface area (Å²) in [6.07, 6.45) is 1.31. The van der Waals surface area contributed by atoms with Crippen molar-refractivity contribution in [3.05, 3.63) is 35.4 Å². The van der Waals surface area contributed by atoms with E-state index in [2.05, 4.69) is 11.2 Å². The minimum absolute atomic E-state index is 0.101. The SMILES string of the molecule is C#CCCC[C@@H](NC(=O)c1cccc(C(F)(F)F)c1)C(=O)O. The van der Waals surface area contributed by atoms with E-state index in [1.165, 1.54) is 6.07 Å². The molecule has 0 fully saturated rings. The Labute approximate surface area is 125 Å². The molecule has 0 spiro atoms. The Morgan fingerprint density at radius 2 is 2.05 bits per heavy atom. The predicted octanol–water partition coefficient (Wildman–Crippen LogP) is 2.69. The number of halogens is 3. The van der Waals surface area contributed by atoms with E-state index in [0.717, 1.165) is 12.1 Å². The number of hydrogen-bond donors (Lipinski definition) is 2. The summed E-state index contributed by atoms with van der Waals surface area (Å²) < 4.78 is 37.7. The van der Waals surface area contributed by atoms with Crippen LogP contribution in [0.1, 0.15) is 35.2 Å². The molecule has 0 aliphatic carbocycles. The number of aliphatic carboxylic acids is 1. The van der Waals surface area contributed by atoms with E-state index in [9.17, 15) is 22.8 Å². The number of nitrogens with one attached hydrogen (secondary N) is 1. The van der Waals surface area contributed by atoms with Gasteiger partial charge in [-0.05, 0) is 31.0 Å². The van der Waals surface area contributed by atoms with Gasteiger partial charge in [0.15, 0.2) is 0 Å². The van der Waals surface area contributed by atoms with Gasteiger partial charge in [-0.2, -0.15) is 13.2 Å². The first-order valence-corrected chi connectivity index (χ1v) is 6.40. The lowest BCUT2D eigenvalue weighted by Gasteiger charge is -2.14. The monoisotopic (exact) mass is 313 g/mol. The standard InChI is InChI=1S/C15H14F3NO3/c1-2-3-4-8-12(14(21)22)19-13(20)10-6-5-7-11(9-10)15(16,17)18/h1,5-7,9,12H,3-4,8H2,(H,19,20)(H,21,22)/t12-/m1/s1. The van der Waals surface area contributed by atoms with E-state index < -0.39 is 29.7 Å². The zero-order valence-corrected chi connectivity index (χ0v) is 11.5. The number of carbonyl (C=O) groups is 2. The highest BCUT2D eigenvalue weighted by molar-refractivity contribution is 5.96. The summed E-state index contributed by atoms with van der Waals surface area (Å²) >= 11 is 0. The van der Waals surface area contributed by atoms with Gasteiger partial charge in [0.05, 0.1) is 5.56 Å². The van der Waals surface area contributed by atoms with Crippen LogP contribution in [-0.2, 0) is 11.0 Å². The highest BCUT2D eigenvalue weighted by atomic mass is 19.4. The molecule has 1 amide bonds. The van der Waals surface area contributed by atoms with Crippen molar-refractivity contribution >= 4 is 11.9 Å². The van der Waals surface area contributed by atoms with Crippen LogP contribution in [0.2, 0.25) is 0 Å². The third-order valence-electron chi connectivity index (χ3n) is 2.87. The lowest BCUT2D eigenvalue weighted by atomic mass is 10.1. The van der Waals surface area contributed by atoms with Gasteiger partial charge in [0, 0.05) is 12.0 Å². The first-order valence-electron chi connectivity index (χ1n) is 6.40. The van der Waals surface area contributed by atoms with Gasteiger partial charge in [0.25, 0.3) is 5.91 Å². The Morgan fingerprint density at radius 1 is 1.36 bits per heavy atom. The number of amides is 1. The molecule has 0 saturated heterocycles. The van der Waals surface area contributed by atoms with Gasteiger partial charge in [-0.1, -0.05) is 6.07 Å². The first-order chi connectivity index (χ1) is 10.3. The molecule has 1 atom stereocenters. The van der Waals surface area contributed by atoms with Crippen molar-refractivity contribution in [2.75, 3.05) is 0 Å². The van der Waals surface area contributed by atoms with Crippen molar-refractivity contribution < 1.29 is 27.9 Å². The molecule has 0 saturated carbocycles. The average molecular weight is 313 g/mol. The number of unbranched alkanes of at least 4 members (excludes halogenated alkanes) is 1. The van der Waals surface area contributed by atoms with Crippen LogP contribution in [0.3, 0.4) is 0 Å². The van der Waals surface area contributed by atoms with E-state index in [1.807, 2.05) is 0 Å². The smallest absolute Gasteiger partial charge is 0.416 e. The molecule has 0 unspecified atom stereocenters. The van der Waals surface area contributed by atoms with Crippen LogP contribution in [0.15, 0.2) is 24.3 Å². The molecule has 7 heteroatoms. The van der Waals surface area contributed by atoms with Crippen molar-refractivity contribution in [3.63, 3.8) is 0 Å². The molecule has 4 nitrogen and oxygen atoms in total. The summed E-state index contributed by atoms with van der Waals surface area (Å²) in [5.74, 6) is 0.198. The molecule has 1 rings (SSSR count). The minimum atomic E-state index is -4.57. The Balaban J connectivity index is 2.82. The first kappa shape index (κ1) is 17.6. The number of rotatable bonds is 6. The van der Waals surface area contributed by atoms with Gasteiger partial charge in [-0.3, -0.25) is 4.79 Å². The highest BCUT2D eigenvalue weighted by Crippen LogP contribution is 2.29. The van der Waals surface area contributed by atoms with E-state index in [0.29, 0.717) is 18.9 Å². The molecule has 0 heterocycles. The molecule has 2 N–H and O–H groups in total. The maximum atomic E-state index is 12.6. The second-order valence-corrected chi connectivity index (χ2v) is 4.54. The fraction of sp³-hybridized carbons (Fsp3) is 0.333. The van der Waals surface area contributed by atoms with E-state index in [1.54, 1.807) is 0 Å². The van der Waals surface area contributed by atoms with Gasteiger partial charge < -0.3 is 10.4 Å². The second kappa shape index (κ2) is 7.50. The third kappa shape index (κ3) is 5.13. The maximum absolute atomic E-state index is 12.6. The Hall–Kier alpha value is -2.49. The van der Waals surface area contributed by atoms with Crippen LogP contribution < -0.4 is 5.32 Å². The Morgan fingerprint density at radius 3 is 2.59 bits per heavy atom. The van der Waals surface area contributed by atoms with Crippen molar-refractivity contribution in [2.45, 2.75) is 31.5 Å². The minimum Gasteiger partial charge on any atom is -0.480 e. The molecule has 0 bridgehead atoms. The van der Waals surface area contributed by atoms with Crippen LogP contribution in [0, 0.1) is 12.3 Å². The van der Waals surface area contributed by atoms with Crippen molar-refractivity contribution in [3.8, 4) is 12.3 Å². The topological polar surface area (TPSA) is 66.4 Å². The van der Waals surface area contributed by atoms with Crippen LogP contribution in [0.5, 0.6) is 0 Å². The summed E-state index contributed by atoms with van der Waals surface area (Å²) in [7, 11) is 0. The van der Waals surface area contributed by atoms with E-state index in [-0.39, 0.29) is 12.0 Å². The molecule has 0 radical (unpaired) electrons. The van der Waals surface area contributed by atoms with E-state index in [4.69, 9.17) is 11.5 Å². The Bertz CT molecular complexity index is 590. The molecule has 1 aromatic rings. The molecule has 1 aromatic carbocycles. The maximum Gasteiger partial charge on any atom is 0.416 e. The highest BCUT2D eigenvalue weighted by Gasteiger charge is 2.31. The zero-order chi connectivity index (χ0) is 16.8. The lowest BCUT2D eigenvalue weighted by Crippen LogP contribution is -2.40. The van der Waals surface area contributed by atoms with Crippen LogP contribution >= 0.6 is 0 Å². The van der Waals surface area contributed by atoms with E-state index >= 15 is 0 Å². The van der Waals surface area contributed by atoms with Crippen LogP contribution in [-0.4, -0.2) is 23.0 Å². The molecule has 118 valence electrons. The number of carboxylic acids is 1. The van der Waals surface area contributed by atoms with Crippen molar-refractivity contribution in [1.82, 2.24) is 5.32 Å². The number of alkyl halides is 3. The predicted molar refractivity (Wildman–Crippen MR) is 73.0 cm³/mol. The van der Waals surface area contributed by atoms with Crippen molar-refractivity contribution in [2.24, 2.45) is 0 Å². The summed E-state index contributed by atoms with van der Waals surface area (Å²) in [6, 6.07) is 2.58. The second-order valence-electron chi connectivity index (χ2n) is 4.54. The molecule has 22 heavy (non-hydrogen) atoms. The molecular weight excluding hydrogens is 299 g/mol. The summed E-state index contributed by atoms with van der Waals surface area (Å²) in [6.45, 7) is 0. The van der Waals surface area contributed by atoms with Gasteiger partial charge in [-0.15, -0.1) is 12.3 Å². The van der Waals surface area contributed by atoms with Gasteiger partial charge >= 0.3 is 12.1 Å². The van der Waals surface area contributed by atoms with Gasteiger partial charge in [-0.25, -0.2) is 4.79 Å². The Kier molecular flexibility index (Phi) is 5.99. The largest absolute Gasteiger partial charge is 0.480 e. The van der Waals surface area contributed by atoms with Crippen LogP contribution in [0.25, 0.3) is 0 Å². The fourth-order valence-corrected chi connectivity index (χ4v) is 1.74. The number of terminal acetylenes is 1. The molecule has 0 aromatic heterocycles. The molecular formula is C15H14F3NO3. The lowest BCUT2D eigenvalue weighted by molar-refractivity contribution is -0.139. The number of carboxylic acid groups (broad SMARTS) is 1. The van der Waals surface area contributed by atoms with Gasteiger partial charge in [0.1, 0.15) is 6.04 Å². The quantitative estimate of drug-likeness (QED) is 0.627. The molecule has 0 aliphatic heterocycles. The summed E-state index contributed by atoms with van der Waals surface area (Å²) in [4.78, 5) is 22.9.